The lowest BCUT2D eigenvalue weighted by atomic mass is 10.6. The molecule has 2 aromatic rings. The summed E-state index contributed by atoms with van der Waals surface area (Å²) in [5.41, 5.74) is -0.288. The molecule has 0 fully saturated rings. The molecule has 0 radical (unpaired) electrons. The molecule has 2 rings (SSSR count). The summed E-state index contributed by atoms with van der Waals surface area (Å²) >= 11 is 3.09. The molecule has 0 saturated heterocycles. The smallest absolute Gasteiger partial charge is 0.268 e. The Morgan fingerprint density at radius 3 is 3.07 bits per heavy atom. The number of nitrogens with zero attached hydrogens (tertiary/aromatic N) is 3. The minimum atomic E-state index is -0.288. The Morgan fingerprint density at radius 2 is 2.40 bits per heavy atom. The first-order chi connectivity index (χ1) is 7.16. The Morgan fingerprint density at radius 1 is 1.60 bits per heavy atom. The van der Waals surface area contributed by atoms with Crippen LogP contribution in [0.15, 0.2) is 28.0 Å². The van der Waals surface area contributed by atoms with Crippen molar-refractivity contribution in [3.8, 4) is 11.6 Å². The van der Waals surface area contributed by atoms with Crippen LogP contribution in [0.4, 0.5) is 0 Å². The van der Waals surface area contributed by atoms with Gasteiger partial charge >= 0.3 is 0 Å². The minimum Gasteiger partial charge on any atom is -0.434 e. The summed E-state index contributed by atoms with van der Waals surface area (Å²) in [6.07, 6.45) is 4.49. The molecular formula is C8H7BrN4O2. The second-order valence-corrected chi connectivity index (χ2v) is 3.60. The molecule has 7 heteroatoms. The predicted molar refractivity (Wildman–Crippen MR) is 55.8 cm³/mol. The summed E-state index contributed by atoms with van der Waals surface area (Å²) in [6, 6.07) is 0. The summed E-state index contributed by atoms with van der Waals surface area (Å²) in [5.74, 6) is 0.739. The van der Waals surface area contributed by atoms with E-state index in [0.717, 1.165) is 0 Å². The molecule has 0 amide bonds. The first-order valence-corrected chi connectivity index (χ1v) is 4.86. The van der Waals surface area contributed by atoms with Gasteiger partial charge < -0.3 is 9.72 Å². The van der Waals surface area contributed by atoms with Gasteiger partial charge in [-0.3, -0.25) is 9.48 Å². The van der Waals surface area contributed by atoms with Gasteiger partial charge in [-0.25, -0.2) is 4.98 Å². The number of halogens is 1. The molecule has 0 aromatic carbocycles. The van der Waals surface area contributed by atoms with E-state index >= 15 is 0 Å². The number of ether oxygens (including phenoxy) is 1. The van der Waals surface area contributed by atoms with E-state index in [9.17, 15) is 4.79 Å². The summed E-state index contributed by atoms with van der Waals surface area (Å²) < 4.78 is 7.20. The third-order valence-electron chi connectivity index (χ3n) is 1.66. The van der Waals surface area contributed by atoms with Crippen molar-refractivity contribution in [2.24, 2.45) is 7.05 Å². The highest BCUT2D eigenvalue weighted by atomic mass is 79.9. The van der Waals surface area contributed by atoms with Crippen LogP contribution in [0.25, 0.3) is 0 Å². The van der Waals surface area contributed by atoms with E-state index in [-0.39, 0.29) is 15.9 Å². The normalized spacial score (nSPS) is 10.3. The maximum Gasteiger partial charge on any atom is 0.268 e. The fraction of sp³-hybridized carbons (Fsp3) is 0.125. The molecule has 1 N–H and O–H groups in total. The van der Waals surface area contributed by atoms with Crippen LogP contribution in [0.2, 0.25) is 0 Å². The number of rotatable bonds is 2. The molecule has 0 aliphatic carbocycles. The van der Waals surface area contributed by atoms with Crippen LogP contribution in [0, 0.1) is 0 Å². The monoisotopic (exact) mass is 270 g/mol. The largest absolute Gasteiger partial charge is 0.434 e. The number of hydrogen-bond acceptors (Lipinski definition) is 4. The van der Waals surface area contributed by atoms with E-state index in [1.165, 1.54) is 12.5 Å². The van der Waals surface area contributed by atoms with Gasteiger partial charge in [-0.1, -0.05) is 0 Å². The van der Waals surface area contributed by atoms with E-state index in [4.69, 9.17) is 4.74 Å². The summed E-state index contributed by atoms with van der Waals surface area (Å²) in [7, 11) is 1.77. The van der Waals surface area contributed by atoms with Gasteiger partial charge in [-0.2, -0.15) is 5.10 Å². The second kappa shape index (κ2) is 3.85. The number of nitrogens with one attached hydrogen (secondary N) is 1. The van der Waals surface area contributed by atoms with Crippen LogP contribution in [-0.4, -0.2) is 19.7 Å². The average Bonchev–Trinajstić information content (AvgIpc) is 2.59. The molecule has 2 aromatic heterocycles. The van der Waals surface area contributed by atoms with Crippen LogP contribution < -0.4 is 10.3 Å². The van der Waals surface area contributed by atoms with Crippen molar-refractivity contribution in [1.82, 2.24) is 19.7 Å². The molecular weight excluding hydrogens is 264 g/mol. The Balaban J connectivity index is 2.32. The molecule has 6 nitrogen and oxygen atoms in total. The van der Waals surface area contributed by atoms with Crippen molar-refractivity contribution < 1.29 is 4.74 Å². The van der Waals surface area contributed by atoms with Crippen LogP contribution >= 0.6 is 15.9 Å². The molecule has 0 aliphatic rings. The number of H-pyrrole nitrogens is 1. The molecule has 0 aliphatic heterocycles. The molecule has 0 unspecified atom stereocenters. The zero-order valence-corrected chi connectivity index (χ0v) is 9.35. The SMILES string of the molecule is Cn1cc(Oc2nc[nH]c(=O)c2Br)cn1. The van der Waals surface area contributed by atoms with Crippen LogP contribution in [0.3, 0.4) is 0 Å². The van der Waals surface area contributed by atoms with E-state index in [0.29, 0.717) is 5.75 Å². The van der Waals surface area contributed by atoms with E-state index in [1.807, 2.05) is 0 Å². The summed E-state index contributed by atoms with van der Waals surface area (Å²) in [4.78, 5) is 17.5. The minimum absolute atomic E-state index is 0.215. The predicted octanol–water partition coefficient (Wildman–Crippen LogP) is 1.06. The lowest BCUT2D eigenvalue weighted by Crippen LogP contribution is -2.08. The zero-order valence-electron chi connectivity index (χ0n) is 7.77. The highest BCUT2D eigenvalue weighted by Gasteiger charge is 2.08. The van der Waals surface area contributed by atoms with E-state index in [1.54, 1.807) is 17.9 Å². The van der Waals surface area contributed by atoms with Crippen molar-refractivity contribution in [2.75, 3.05) is 0 Å². The van der Waals surface area contributed by atoms with Crippen molar-refractivity contribution in [1.29, 1.82) is 0 Å². The quantitative estimate of drug-likeness (QED) is 0.886. The standard InChI is InChI=1S/C8H7BrN4O2/c1-13-3-5(2-12-13)15-8-6(9)7(14)10-4-11-8/h2-4H,1H3,(H,10,11,14). The molecule has 2 heterocycles. The number of aryl methyl sites for hydroxylation is 1. The third kappa shape index (κ3) is 2.07. The zero-order chi connectivity index (χ0) is 10.8. The Labute approximate surface area is 93.0 Å². The Hall–Kier alpha value is -1.63. The fourth-order valence-electron chi connectivity index (χ4n) is 1.00. The Bertz CT molecular complexity index is 533. The molecule has 0 atom stereocenters. The highest BCUT2D eigenvalue weighted by molar-refractivity contribution is 9.10. The van der Waals surface area contributed by atoms with Gasteiger partial charge in [0.15, 0.2) is 5.75 Å². The molecule has 15 heavy (non-hydrogen) atoms. The maximum atomic E-state index is 11.2. The van der Waals surface area contributed by atoms with Crippen LogP contribution in [-0.2, 0) is 7.05 Å². The van der Waals surface area contributed by atoms with Crippen molar-refractivity contribution in [3.63, 3.8) is 0 Å². The van der Waals surface area contributed by atoms with Gasteiger partial charge in [0.05, 0.1) is 18.7 Å². The van der Waals surface area contributed by atoms with E-state index < -0.39 is 0 Å². The lowest BCUT2D eigenvalue weighted by molar-refractivity contribution is 0.456. The molecule has 0 saturated carbocycles. The second-order valence-electron chi connectivity index (χ2n) is 2.80. The molecule has 78 valence electrons. The van der Waals surface area contributed by atoms with Gasteiger partial charge in [0.1, 0.15) is 4.47 Å². The van der Waals surface area contributed by atoms with Crippen molar-refractivity contribution in [3.05, 3.63) is 33.5 Å². The Kier molecular flexibility index (Phi) is 2.55. The van der Waals surface area contributed by atoms with Crippen LogP contribution in [0.1, 0.15) is 0 Å². The summed E-state index contributed by atoms with van der Waals surface area (Å²) in [6.45, 7) is 0. The van der Waals surface area contributed by atoms with Gasteiger partial charge in [-0.05, 0) is 15.9 Å². The average molecular weight is 271 g/mol. The van der Waals surface area contributed by atoms with Gasteiger partial charge in [0.2, 0.25) is 5.88 Å². The topological polar surface area (TPSA) is 72.8 Å². The van der Waals surface area contributed by atoms with Gasteiger partial charge in [-0.15, -0.1) is 0 Å². The van der Waals surface area contributed by atoms with Crippen LogP contribution in [0.5, 0.6) is 11.6 Å². The first kappa shape index (κ1) is 9.91. The van der Waals surface area contributed by atoms with Crippen molar-refractivity contribution >= 4 is 15.9 Å². The highest BCUT2D eigenvalue weighted by Crippen LogP contribution is 2.22. The van der Waals surface area contributed by atoms with Gasteiger partial charge in [0.25, 0.3) is 5.56 Å². The molecule has 0 bridgehead atoms. The fourth-order valence-corrected chi connectivity index (χ4v) is 1.30. The third-order valence-corrected chi connectivity index (χ3v) is 2.36. The number of aromatic nitrogens is 4. The maximum absolute atomic E-state index is 11.2. The lowest BCUT2D eigenvalue weighted by Gasteiger charge is -2.01. The number of aromatic amines is 1. The number of hydrogen-bond donors (Lipinski definition) is 1. The van der Waals surface area contributed by atoms with E-state index in [2.05, 4.69) is 31.0 Å². The van der Waals surface area contributed by atoms with Crippen molar-refractivity contribution in [2.45, 2.75) is 0 Å². The summed E-state index contributed by atoms with van der Waals surface area (Å²) in [5, 5.41) is 3.93. The van der Waals surface area contributed by atoms with Gasteiger partial charge in [0, 0.05) is 7.05 Å². The molecule has 0 spiro atoms. The first-order valence-electron chi connectivity index (χ1n) is 4.06.